The fourth-order valence-electron chi connectivity index (χ4n) is 6.16. The van der Waals surface area contributed by atoms with Gasteiger partial charge in [0.1, 0.15) is 0 Å². The number of carbonyl (C=O) groups is 4. The first kappa shape index (κ1) is 34.1. The van der Waals surface area contributed by atoms with Gasteiger partial charge in [-0.2, -0.15) is 0 Å². The highest BCUT2D eigenvalue weighted by Gasteiger charge is 2.28. The molecule has 4 rings (SSSR count). The summed E-state index contributed by atoms with van der Waals surface area (Å²) in [5.41, 5.74) is 2.35. The number of nitrogens with one attached hydrogen (secondary N) is 3. The molecule has 0 spiro atoms. The van der Waals surface area contributed by atoms with Crippen LogP contribution in [-0.4, -0.2) is 72.6 Å². The van der Waals surface area contributed by atoms with Crippen molar-refractivity contribution < 1.29 is 24.3 Å². The van der Waals surface area contributed by atoms with E-state index in [1.165, 1.54) is 13.3 Å². The molecule has 2 aliphatic rings. The second-order valence-electron chi connectivity index (χ2n) is 12.4. The predicted octanol–water partition coefficient (Wildman–Crippen LogP) is 3.71. The molecule has 2 aromatic rings. The molecule has 3 atom stereocenters. The zero-order valence-electron chi connectivity index (χ0n) is 26.9. The Morgan fingerprint density at radius 2 is 1.78 bits per heavy atom. The van der Waals surface area contributed by atoms with Gasteiger partial charge in [-0.25, -0.2) is 0 Å². The van der Waals surface area contributed by atoms with Crippen molar-refractivity contribution in [1.82, 2.24) is 16.0 Å². The molecule has 2 aromatic carbocycles. The highest BCUT2D eigenvalue weighted by molar-refractivity contribution is 6.02. The molecular weight excluding hydrogens is 570 g/mol. The monoisotopic (exact) mass is 619 g/mol. The summed E-state index contributed by atoms with van der Waals surface area (Å²) in [6.45, 7) is 6.35. The van der Waals surface area contributed by atoms with Crippen molar-refractivity contribution in [2.75, 3.05) is 29.4 Å². The van der Waals surface area contributed by atoms with Gasteiger partial charge in [-0.15, -0.1) is 0 Å². The Bertz CT molecular complexity index is 1310. The highest BCUT2D eigenvalue weighted by Crippen LogP contribution is 2.29. The second-order valence-corrected chi connectivity index (χ2v) is 12.4. The van der Waals surface area contributed by atoms with Gasteiger partial charge in [0.15, 0.2) is 0 Å². The molecule has 4 amide bonds. The summed E-state index contributed by atoms with van der Waals surface area (Å²) in [4.78, 5) is 55.1. The standard InChI is InChI=1S/C35H49N5O5/c1-4-17-39(25(3)41)29-20-27(21-30(22-29)40-18-11-16-33(40)43)35(45)38-31(19-26-12-7-5-8-13-26)32(42)23-36-24(2)34(44)37-28-14-9-6-10-15-28/h5,7-8,12-13,20-22,24,28,31-32,36,42H,4,6,9-11,14-19,23H2,1-3H3,(H,37,44)(H,38,45)/t24-,31-,32-/m0/s1. The van der Waals surface area contributed by atoms with Crippen molar-refractivity contribution in [3.05, 3.63) is 59.7 Å². The Balaban J connectivity index is 1.53. The maximum Gasteiger partial charge on any atom is 0.251 e. The molecule has 0 unspecified atom stereocenters. The number of amides is 4. The molecule has 0 aromatic heterocycles. The molecule has 1 saturated heterocycles. The number of anilines is 2. The molecule has 1 saturated carbocycles. The molecule has 1 aliphatic carbocycles. The molecule has 244 valence electrons. The number of hydrogen-bond donors (Lipinski definition) is 4. The van der Waals surface area contributed by atoms with Crippen LogP contribution >= 0.6 is 0 Å². The van der Waals surface area contributed by atoms with Crippen molar-refractivity contribution in [3.8, 4) is 0 Å². The molecule has 1 heterocycles. The van der Waals surface area contributed by atoms with Gasteiger partial charge in [-0.05, 0) is 62.8 Å². The van der Waals surface area contributed by atoms with Crippen LogP contribution < -0.4 is 25.8 Å². The third-order valence-electron chi connectivity index (χ3n) is 8.75. The maximum absolute atomic E-state index is 13.9. The molecule has 0 radical (unpaired) electrons. The van der Waals surface area contributed by atoms with Gasteiger partial charge in [-0.1, -0.05) is 56.5 Å². The van der Waals surface area contributed by atoms with E-state index in [1.54, 1.807) is 34.9 Å². The van der Waals surface area contributed by atoms with E-state index in [9.17, 15) is 24.3 Å². The summed E-state index contributed by atoms with van der Waals surface area (Å²) in [6, 6.07) is 13.7. The normalized spacial score (nSPS) is 17.4. The van der Waals surface area contributed by atoms with Crippen LogP contribution in [-0.2, 0) is 20.8 Å². The first-order chi connectivity index (χ1) is 21.7. The Labute approximate surface area is 266 Å². The lowest BCUT2D eigenvalue weighted by molar-refractivity contribution is -0.124. The molecule has 2 fully saturated rings. The SMILES string of the molecule is CCCN(C(C)=O)c1cc(C(=O)N[C@@H](Cc2ccccc2)[C@@H](O)CN[C@@H](C)C(=O)NC2CCCCC2)cc(N2CCCC2=O)c1. The van der Waals surface area contributed by atoms with Crippen LogP contribution in [0.25, 0.3) is 0 Å². The predicted molar refractivity (Wildman–Crippen MR) is 176 cm³/mol. The number of benzene rings is 2. The topological polar surface area (TPSA) is 131 Å². The Morgan fingerprint density at radius 1 is 1.04 bits per heavy atom. The van der Waals surface area contributed by atoms with Crippen molar-refractivity contribution in [3.63, 3.8) is 0 Å². The minimum atomic E-state index is -1.00. The Hall–Kier alpha value is -3.76. The van der Waals surface area contributed by atoms with E-state index >= 15 is 0 Å². The van der Waals surface area contributed by atoms with E-state index in [4.69, 9.17) is 0 Å². The lowest BCUT2D eigenvalue weighted by Crippen LogP contribution is -2.53. The molecule has 10 nitrogen and oxygen atoms in total. The Kier molecular flexibility index (Phi) is 12.5. The minimum Gasteiger partial charge on any atom is -0.390 e. The summed E-state index contributed by atoms with van der Waals surface area (Å²) in [5, 5.41) is 20.6. The maximum atomic E-state index is 13.9. The first-order valence-electron chi connectivity index (χ1n) is 16.5. The summed E-state index contributed by atoms with van der Waals surface area (Å²) in [5.74, 6) is -0.694. The summed E-state index contributed by atoms with van der Waals surface area (Å²) >= 11 is 0. The number of nitrogens with zero attached hydrogens (tertiary/aromatic N) is 2. The zero-order chi connectivity index (χ0) is 32.3. The van der Waals surface area contributed by atoms with Crippen LogP contribution in [0.1, 0.15) is 88.1 Å². The molecule has 45 heavy (non-hydrogen) atoms. The lowest BCUT2D eigenvalue weighted by atomic mass is 9.95. The highest BCUT2D eigenvalue weighted by atomic mass is 16.3. The Morgan fingerprint density at radius 3 is 2.42 bits per heavy atom. The quantitative estimate of drug-likeness (QED) is 0.255. The van der Waals surface area contributed by atoms with Crippen LogP contribution in [0, 0.1) is 0 Å². The smallest absolute Gasteiger partial charge is 0.251 e. The molecule has 4 N–H and O–H groups in total. The zero-order valence-corrected chi connectivity index (χ0v) is 26.9. The third kappa shape index (κ3) is 9.61. The number of rotatable bonds is 14. The molecule has 0 bridgehead atoms. The van der Waals surface area contributed by atoms with E-state index in [2.05, 4.69) is 16.0 Å². The van der Waals surface area contributed by atoms with Crippen LogP contribution in [0.2, 0.25) is 0 Å². The van der Waals surface area contributed by atoms with Gasteiger partial charge in [0.05, 0.1) is 18.2 Å². The number of carbonyl (C=O) groups excluding carboxylic acids is 4. The largest absolute Gasteiger partial charge is 0.390 e. The van der Waals surface area contributed by atoms with Gasteiger partial charge in [-0.3, -0.25) is 19.2 Å². The average Bonchev–Trinajstić information content (AvgIpc) is 3.48. The first-order valence-corrected chi connectivity index (χ1v) is 16.5. The number of aliphatic hydroxyl groups excluding tert-OH is 1. The second kappa shape index (κ2) is 16.5. The molecular formula is C35H49N5O5. The van der Waals surface area contributed by atoms with E-state index in [-0.39, 0.29) is 30.3 Å². The summed E-state index contributed by atoms with van der Waals surface area (Å²) in [6.07, 6.45) is 6.68. The van der Waals surface area contributed by atoms with Gasteiger partial charge in [0, 0.05) is 56.0 Å². The van der Waals surface area contributed by atoms with E-state index < -0.39 is 24.1 Å². The number of aliphatic hydroxyl groups is 1. The summed E-state index contributed by atoms with van der Waals surface area (Å²) < 4.78 is 0. The fraction of sp³-hybridized carbons (Fsp3) is 0.543. The lowest BCUT2D eigenvalue weighted by Gasteiger charge is -2.28. The van der Waals surface area contributed by atoms with E-state index in [1.807, 2.05) is 37.3 Å². The number of hydrogen-bond acceptors (Lipinski definition) is 6. The third-order valence-corrected chi connectivity index (χ3v) is 8.75. The van der Waals surface area contributed by atoms with Crippen LogP contribution in [0.15, 0.2) is 48.5 Å². The molecule has 1 aliphatic heterocycles. The van der Waals surface area contributed by atoms with Crippen LogP contribution in [0.5, 0.6) is 0 Å². The van der Waals surface area contributed by atoms with Crippen LogP contribution in [0.4, 0.5) is 11.4 Å². The fourth-order valence-corrected chi connectivity index (χ4v) is 6.16. The van der Waals surface area contributed by atoms with E-state index in [0.717, 1.165) is 44.1 Å². The van der Waals surface area contributed by atoms with Crippen molar-refractivity contribution >= 4 is 35.0 Å². The van der Waals surface area contributed by atoms with Gasteiger partial charge in [0.25, 0.3) is 5.91 Å². The van der Waals surface area contributed by atoms with Crippen molar-refractivity contribution in [1.29, 1.82) is 0 Å². The summed E-state index contributed by atoms with van der Waals surface area (Å²) in [7, 11) is 0. The van der Waals surface area contributed by atoms with Crippen LogP contribution in [0.3, 0.4) is 0 Å². The average molecular weight is 620 g/mol. The van der Waals surface area contributed by atoms with Gasteiger partial charge < -0.3 is 30.9 Å². The van der Waals surface area contributed by atoms with Crippen molar-refractivity contribution in [2.24, 2.45) is 0 Å². The van der Waals surface area contributed by atoms with E-state index in [0.29, 0.717) is 42.9 Å². The van der Waals surface area contributed by atoms with Gasteiger partial charge >= 0.3 is 0 Å². The minimum absolute atomic E-state index is 0.0199. The van der Waals surface area contributed by atoms with Gasteiger partial charge in [0.2, 0.25) is 17.7 Å². The van der Waals surface area contributed by atoms with Crippen molar-refractivity contribution in [2.45, 2.75) is 103 Å². The molecule has 10 heteroatoms.